The lowest BCUT2D eigenvalue weighted by Crippen LogP contribution is -2.30. The minimum absolute atomic E-state index is 0.0544. The first-order chi connectivity index (χ1) is 30.2. The van der Waals surface area contributed by atoms with Gasteiger partial charge in [0.1, 0.15) is 16.7 Å². The highest BCUT2D eigenvalue weighted by Crippen LogP contribution is 2.45. The highest BCUT2D eigenvalue weighted by molar-refractivity contribution is 6.21. The fourth-order valence-corrected chi connectivity index (χ4v) is 9.40. The highest BCUT2D eigenvalue weighted by atomic mass is 16.3. The Balaban J connectivity index is 0.999. The molecule has 3 nitrogen and oxygen atoms in total. The predicted molar refractivity (Wildman–Crippen MR) is 255 cm³/mol. The van der Waals surface area contributed by atoms with E-state index in [9.17, 15) is 0 Å². The van der Waals surface area contributed by atoms with E-state index >= 15 is 0 Å². The molecule has 0 saturated heterocycles. The van der Waals surface area contributed by atoms with Gasteiger partial charge in [-0.25, -0.2) is 0 Å². The maximum atomic E-state index is 7.14. The van der Waals surface area contributed by atoms with Crippen LogP contribution >= 0.6 is 0 Å². The van der Waals surface area contributed by atoms with Crippen LogP contribution in [-0.2, 0) is 0 Å². The van der Waals surface area contributed by atoms with Gasteiger partial charge in [0.2, 0.25) is 0 Å². The van der Waals surface area contributed by atoms with Gasteiger partial charge in [0.15, 0.2) is 5.58 Å². The zero-order chi connectivity index (χ0) is 40.3. The van der Waals surface area contributed by atoms with E-state index in [0.29, 0.717) is 0 Å². The molecule has 1 unspecified atom stereocenters. The largest absolute Gasteiger partial charge is 0.456 e. The van der Waals surface area contributed by atoms with Gasteiger partial charge in [-0.15, -0.1) is 0 Å². The van der Waals surface area contributed by atoms with Crippen molar-refractivity contribution in [1.29, 1.82) is 0 Å². The molecular formula is C58H39NO2. The molecule has 0 saturated carbocycles. The first-order valence-corrected chi connectivity index (χ1v) is 21.0. The van der Waals surface area contributed by atoms with E-state index in [2.05, 4.69) is 211 Å². The van der Waals surface area contributed by atoms with Crippen molar-refractivity contribution in [2.75, 3.05) is 4.90 Å². The Morgan fingerprint density at radius 1 is 0.393 bits per heavy atom. The Hall–Kier alpha value is -7.88. The molecule has 0 bridgehead atoms. The lowest BCUT2D eigenvalue weighted by Gasteiger charge is -2.33. The Labute approximate surface area is 353 Å². The maximum Gasteiger partial charge on any atom is 0.159 e. The van der Waals surface area contributed by atoms with E-state index in [1.807, 2.05) is 12.1 Å². The minimum atomic E-state index is 0.0544. The molecular weight excluding hydrogens is 743 g/mol. The minimum Gasteiger partial charge on any atom is -0.456 e. The standard InChI is InChI=1S/C58H39NO2/c1-3-13-38(14-4-1)40-25-30-45(31-26-40)59(46-32-27-41(28-33-46)43-29-34-56-52(36-43)48-20-9-10-24-55(48)60-56)54-23-12-22-50-53-37-51(47-19-7-8-21-49(47)57(53)61-58(50)54)44-18-11-17-42(35-44)39-15-5-2-6-16-39/h1-30,32-37,45H,31H2. The summed E-state index contributed by atoms with van der Waals surface area (Å²) in [5, 5.41) is 6.74. The number of allylic oxidation sites excluding steroid dienone is 2. The van der Waals surface area contributed by atoms with Gasteiger partial charge >= 0.3 is 0 Å². The zero-order valence-corrected chi connectivity index (χ0v) is 33.3. The van der Waals surface area contributed by atoms with Gasteiger partial charge in [-0.2, -0.15) is 0 Å². The second-order valence-corrected chi connectivity index (χ2v) is 16.0. The first kappa shape index (κ1) is 35.1. The molecule has 1 atom stereocenters. The molecule has 3 heteroatoms. The molecule has 61 heavy (non-hydrogen) atoms. The number of benzene rings is 9. The summed E-state index contributed by atoms with van der Waals surface area (Å²) in [6, 6.07) is 71.6. The number of para-hydroxylation sites is 2. The van der Waals surface area contributed by atoms with Crippen molar-refractivity contribution in [2.24, 2.45) is 0 Å². The molecule has 2 heterocycles. The van der Waals surface area contributed by atoms with Gasteiger partial charge in [0, 0.05) is 32.6 Å². The summed E-state index contributed by atoms with van der Waals surface area (Å²) < 4.78 is 13.3. The van der Waals surface area contributed by atoms with E-state index in [4.69, 9.17) is 8.83 Å². The summed E-state index contributed by atoms with van der Waals surface area (Å²) >= 11 is 0. The molecule has 288 valence electrons. The van der Waals surface area contributed by atoms with Crippen LogP contribution in [0.25, 0.3) is 93.6 Å². The van der Waals surface area contributed by atoms with Crippen molar-refractivity contribution in [1.82, 2.24) is 0 Å². The number of furan rings is 2. The molecule has 0 spiro atoms. The Morgan fingerprint density at radius 2 is 1.00 bits per heavy atom. The normalized spacial score (nSPS) is 14.0. The molecule has 12 rings (SSSR count). The van der Waals surface area contributed by atoms with Crippen molar-refractivity contribution >= 4 is 71.6 Å². The summed E-state index contributed by atoms with van der Waals surface area (Å²) in [4.78, 5) is 2.46. The van der Waals surface area contributed by atoms with Crippen molar-refractivity contribution in [3.05, 3.63) is 224 Å². The Kier molecular flexibility index (Phi) is 8.31. The van der Waals surface area contributed by atoms with E-state index < -0.39 is 0 Å². The monoisotopic (exact) mass is 781 g/mol. The first-order valence-electron chi connectivity index (χ1n) is 21.0. The molecule has 9 aromatic carbocycles. The summed E-state index contributed by atoms with van der Waals surface area (Å²) in [6.45, 7) is 0. The quantitative estimate of drug-likeness (QED) is 0.161. The smallest absolute Gasteiger partial charge is 0.159 e. The predicted octanol–water partition coefficient (Wildman–Crippen LogP) is 16.2. The Morgan fingerprint density at radius 3 is 1.80 bits per heavy atom. The van der Waals surface area contributed by atoms with E-state index in [1.54, 1.807) is 0 Å². The number of rotatable bonds is 7. The second-order valence-electron chi connectivity index (χ2n) is 16.0. The number of hydrogen-bond acceptors (Lipinski definition) is 3. The molecule has 0 radical (unpaired) electrons. The maximum absolute atomic E-state index is 7.14. The van der Waals surface area contributed by atoms with Gasteiger partial charge < -0.3 is 13.7 Å². The average Bonchev–Trinajstić information content (AvgIpc) is 3.91. The van der Waals surface area contributed by atoms with Gasteiger partial charge in [0.05, 0.1) is 11.7 Å². The molecule has 0 N–H and O–H groups in total. The number of fused-ring (bicyclic) bond motifs is 8. The number of hydrogen-bond donors (Lipinski definition) is 0. The zero-order valence-electron chi connectivity index (χ0n) is 33.3. The van der Waals surface area contributed by atoms with Crippen LogP contribution in [0, 0.1) is 0 Å². The topological polar surface area (TPSA) is 29.5 Å². The van der Waals surface area contributed by atoms with E-state index in [-0.39, 0.29) is 6.04 Å². The number of anilines is 2. The fraction of sp³-hybridized carbons (Fsp3) is 0.0345. The van der Waals surface area contributed by atoms with Gasteiger partial charge in [-0.3, -0.25) is 0 Å². The van der Waals surface area contributed by atoms with E-state index in [1.165, 1.54) is 38.8 Å². The third-order valence-corrected chi connectivity index (χ3v) is 12.4. The summed E-state index contributed by atoms with van der Waals surface area (Å²) in [5.41, 5.74) is 15.3. The third-order valence-electron chi connectivity index (χ3n) is 12.4. The van der Waals surface area contributed by atoms with Crippen LogP contribution in [-0.4, -0.2) is 6.04 Å². The molecule has 0 fully saturated rings. The lowest BCUT2D eigenvalue weighted by atomic mass is 9.93. The van der Waals surface area contributed by atoms with Crippen LogP contribution in [0.5, 0.6) is 0 Å². The van der Waals surface area contributed by atoms with Crippen molar-refractivity contribution in [3.8, 4) is 33.4 Å². The second kappa shape index (κ2) is 14.4. The number of nitrogens with zero attached hydrogens (tertiary/aromatic N) is 1. The lowest BCUT2D eigenvalue weighted by molar-refractivity contribution is 0.668. The van der Waals surface area contributed by atoms with Crippen molar-refractivity contribution in [2.45, 2.75) is 12.5 Å². The SMILES string of the molecule is C1=CC(N(c2ccc(-c3ccc4oc5ccccc5c4c3)cc2)c2cccc3c2oc2c4ccccc4c(-c4cccc(-c5ccccc5)c4)cc32)CC=C1c1ccccc1. The molecule has 0 amide bonds. The Bertz CT molecular complexity index is 3500. The summed E-state index contributed by atoms with van der Waals surface area (Å²) in [5.74, 6) is 0. The summed E-state index contributed by atoms with van der Waals surface area (Å²) in [6.07, 6.45) is 7.84. The van der Waals surface area contributed by atoms with Crippen LogP contribution in [0.1, 0.15) is 12.0 Å². The van der Waals surface area contributed by atoms with Gasteiger partial charge in [-0.05, 0) is 105 Å². The third kappa shape index (κ3) is 6.05. The van der Waals surface area contributed by atoms with Crippen LogP contribution in [0.3, 0.4) is 0 Å². The summed E-state index contributed by atoms with van der Waals surface area (Å²) in [7, 11) is 0. The molecule has 11 aromatic rings. The van der Waals surface area contributed by atoms with Crippen LogP contribution in [0.4, 0.5) is 11.4 Å². The van der Waals surface area contributed by atoms with E-state index in [0.717, 1.165) is 78.2 Å². The average molecular weight is 782 g/mol. The van der Waals surface area contributed by atoms with Gasteiger partial charge in [0.25, 0.3) is 0 Å². The highest BCUT2D eigenvalue weighted by Gasteiger charge is 2.26. The van der Waals surface area contributed by atoms with Crippen LogP contribution < -0.4 is 4.90 Å². The van der Waals surface area contributed by atoms with Crippen LogP contribution in [0.15, 0.2) is 227 Å². The molecule has 1 aliphatic rings. The van der Waals surface area contributed by atoms with Crippen molar-refractivity contribution < 1.29 is 8.83 Å². The van der Waals surface area contributed by atoms with Crippen molar-refractivity contribution in [3.63, 3.8) is 0 Å². The molecule has 0 aliphatic heterocycles. The molecule has 2 aromatic heterocycles. The van der Waals surface area contributed by atoms with Crippen LogP contribution in [0.2, 0.25) is 0 Å². The fourth-order valence-electron chi connectivity index (χ4n) is 9.40. The van der Waals surface area contributed by atoms with Gasteiger partial charge in [-0.1, -0.05) is 170 Å². The molecule has 1 aliphatic carbocycles.